The van der Waals surface area contributed by atoms with E-state index in [1.807, 2.05) is 51.2 Å². The molecule has 280 valence electrons. The van der Waals surface area contributed by atoms with Gasteiger partial charge in [0.25, 0.3) is 21.9 Å². The van der Waals surface area contributed by atoms with Crippen LogP contribution in [0.15, 0.2) is 92.2 Å². The van der Waals surface area contributed by atoms with E-state index in [-0.39, 0.29) is 29.1 Å². The number of unbranched alkanes of at least 4 members (excludes halogenated alkanes) is 2. The summed E-state index contributed by atoms with van der Waals surface area (Å²) in [5.41, 5.74) is 2.69. The molecule has 0 radical (unpaired) electrons. The van der Waals surface area contributed by atoms with Crippen LogP contribution in [0.1, 0.15) is 63.5 Å². The van der Waals surface area contributed by atoms with Crippen molar-refractivity contribution in [2.24, 2.45) is 4.99 Å². The molecule has 0 bridgehead atoms. The summed E-state index contributed by atoms with van der Waals surface area (Å²) in [6, 6.07) is 9.52. The summed E-state index contributed by atoms with van der Waals surface area (Å²) in [5.74, 6) is -1.70. The van der Waals surface area contributed by atoms with Crippen LogP contribution in [-0.2, 0) is 44.8 Å². The van der Waals surface area contributed by atoms with Gasteiger partial charge >= 0.3 is 5.97 Å². The lowest BCUT2D eigenvalue weighted by Gasteiger charge is -2.27. The van der Waals surface area contributed by atoms with Gasteiger partial charge < -0.3 is 9.74 Å². The quantitative estimate of drug-likeness (QED) is 0.0484. The Balaban J connectivity index is 1.48. The molecule has 2 aliphatic heterocycles. The summed E-state index contributed by atoms with van der Waals surface area (Å²) in [6.45, 7) is 6.38. The fourth-order valence-corrected chi connectivity index (χ4v) is 8.14. The Morgan fingerprint density at radius 3 is 2.29 bits per heavy atom. The minimum Gasteiger partial charge on any atom is -0.344 e. The van der Waals surface area contributed by atoms with Gasteiger partial charge in [-0.25, -0.2) is 17.5 Å². The first-order valence-electron chi connectivity index (χ1n) is 16.6. The first-order valence-corrected chi connectivity index (χ1v) is 20.3. The van der Waals surface area contributed by atoms with E-state index in [4.69, 9.17) is 4.84 Å². The van der Waals surface area contributed by atoms with Gasteiger partial charge in [0.2, 0.25) is 10.0 Å². The number of hydroxylamine groups is 2. The Hall–Kier alpha value is -4.09. The van der Waals surface area contributed by atoms with E-state index >= 15 is 0 Å². The number of carbonyl (C=O) groups excluding carboxylic acids is 3. The highest BCUT2D eigenvalue weighted by molar-refractivity contribution is 8.14. The molecule has 1 fully saturated rings. The molecule has 2 aliphatic rings. The number of rotatable bonds is 14. The zero-order valence-electron chi connectivity index (χ0n) is 30.0. The van der Waals surface area contributed by atoms with Gasteiger partial charge in [0.1, 0.15) is 0 Å². The highest BCUT2D eigenvalue weighted by Crippen LogP contribution is 2.48. The Morgan fingerprint density at radius 1 is 0.981 bits per heavy atom. The highest BCUT2D eigenvalue weighted by Gasteiger charge is 2.40. The van der Waals surface area contributed by atoms with Crippen LogP contribution >= 0.6 is 11.8 Å². The Kier molecular flexibility index (Phi) is 13.1. The van der Waals surface area contributed by atoms with Crippen LogP contribution in [-0.4, -0.2) is 81.3 Å². The minimum absolute atomic E-state index is 0.0297. The van der Waals surface area contributed by atoms with E-state index in [0.717, 1.165) is 27.4 Å². The molecule has 1 N–H and O–H groups in total. The zero-order chi connectivity index (χ0) is 38.4. The third kappa shape index (κ3) is 9.46. The second kappa shape index (κ2) is 16.7. The van der Waals surface area contributed by atoms with Crippen molar-refractivity contribution in [2.75, 3.05) is 32.6 Å². The second-order valence-electron chi connectivity index (χ2n) is 13.0. The maximum absolute atomic E-state index is 12.7. The fraction of sp³-hybridized carbons (Fsp3) is 0.389. The van der Waals surface area contributed by atoms with E-state index in [9.17, 15) is 35.8 Å². The molecule has 0 aromatic heterocycles. The number of amides is 2. The number of hydrogen-bond acceptors (Lipinski definition) is 11. The van der Waals surface area contributed by atoms with Gasteiger partial charge in [-0.15, -0.1) is 5.06 Å². The van der Waals surface area contributed by atoms with Crippen molar-refractivity contribution < 1.29 is 40.6 Å². The Morgan fingerprint density at radius 2 is 1.65 bits per heavy atom. The summed E-state index contributed by atoms with van der Waals surface area (Å²) < 4.78 is 60.2. The maximum Gasteiger partial charge on any atom is 0.333 e. The van der Waals surface area contributed by atoms with Crippen molar-refractivity contribution >= 4 is 60.4 Å². The molecule has 4 rings (SSSR count). The van der Waals surface area contributed by atoms with Crippen LogP contribution in [0, 0.1) is 6.92 Å². The monoisotopic (exact) mass is 772 g/mol. The fourth-order valence-electron chi connectivity index (χ4n) is 5.75. The van der Waals surface area contributed by atoms with Crippen LogP contribution in [0.25, 0.3) is 0 Å². The predicted molar refractivity (Wildman–Crippen MR) is 200 cm³/mol. The van der Waals surface area contributed by atoms with Crippen molar-refractivity contribution in [3.8, 4) is 0 Å². The Labute approximate surface area is 309 Å². The molecule has 0 atom stereocenters. The van der Waals surface area contributed by atoms with Crippen LogP contribution in [0.5, 0.6) is 0 Å². The topological polar surface area (TPSA) is 171 Å². The van der Waals surface area contributed by atoms with Gasteiger partial charge in [-0.1, -0.05) is 56.3 Å². The number of carbonyl (C=O) groups is 3. The lowest BCUT2D eigenvalue weighted by Crippen LogP contribution is -2.32. The molecule has 2 amide bonds. The number of benzene rings is 2. The lowest BCUT2D eigenvalue weighted by atomic mass is 9.83. The molecule has 0 unspecified atom stereocenters. The number of anilines is 1. The van der Waals surface area contributed by atoms with Crippen LogP contribution < -0.4 is 4.90 Å². The molecule has 0 saturated carbocycles. The number of aliphatic imine (C=N–C) groups is 1. The van der Waals surface area contributed by atoms with E-state index in [1.165, 1.54) is 42.3 Å². The molecular weight excluding hydrogens is 729 g/mol. The number of allylic oxidation sites excluding steroid dienone is 5. The molecule has 0 spiro atoms. The standard InChI is InChI=1S/C36H44N4O9S3/c1-25-16-17-26(51(44,45)38(5)6)24-30(25)50-32(37-4)14-10-7-9-13-31-36(2,3)28-23-27(52(46,47)48)18-19-29(28)39(31)22-12-8-11-15-35(43)49-40-33(41)20-21-34(40)42/h7,9-10,13-14,16-19,23-24H,8,11-12,15,20-22H2,1-6H3,(H,46,47,48)/b9-7+,14-10+,31-13+,37-32?. The van der Waals surface area contributed by atoms with Crippen molar-refractivity contribution in [1.29, 1.82) is 0 Å². The number of nitrogens with zero attached hydrogens (tertiary/aromatic N) is 4. The first kappa shape index (κ1) is 40.7. The molecule has 2 aromatic rings. The second-order valence-corrected chi connectivity index (χ2v) is 17.6. The molecule has 13 nitrogen and oxygen atoms in total. The maximum atomic E-state index is 12.7. The van der Waals surface area contributed by atoms with Gasteiger partial charge in [-0.3, -0.25) is 19.1 Å². The largest absolute Gasteiger partial charge is 0.344 e. The van der Waals surface area contributed by atoms with Crippen molar-refractivity contribution in [3.05, 3.63) is 83.6 Å². The molecule has 0 aliphatic carbocycles. The molecular formula is C36H44N4O9S3. The number of imide groups is 1. The minimum atomic E-state index is -4.43. The van der Waals surface area contributed by atoms with Crippen molar-refractivity contribution in [1.82, 2.24) is 9.37 Å². The van der Waals surface area contributed by atoms with E-state index in [2.05, 4.69) is 9.89 Å². The average molecular weight is 773 g/mol. The Bertz CT molecular complexity index is 2050. The van der Waals surface area contributed by atoms with Crippen LogP contribution in [0.2, 0.25) is 0 Å². The number of thioether (sulfide) groups is 1. The SMILES string of the molecule is CN=C(/C=C/C=C/C=C1/N(CCCCCC(=O)ON2C(=O)CCC2=O)c2ccc(S(=O)(=O)O)cc2C1(C)C)Sc1cc(S(=O)(=O)N(C)C)ccc1C. The third-order valence-corrected chi connectivity index (χ3v) is 12.6. The summed E-state index contributed by atoms with van der Waals surface area (Å²) in [6.07, 6.45) is 11.1. The van der Waals surface area contributed by atoms with Gasteiger partial charge in [0.05, 0.1) is 14.8 Å². The summed E-state index contributed by atoms with van der Waals surface area (Å²) in [4.78, 5) is 47.8. The van der Waals surface area contributed by atoms with Gasteiger partial charge in [0.15, 0.2) is 0 Å². The van der Waals surface area contributed by atoms with Crippen molar-refractivity contribution in [2.45, 2.75) is 79.4 Å². The van der Waals surface area contributed by atoms with E-state index in [0.29, 0.717) is 35.9 Å². The summed E-state index contributed by atoms with van der Waals surface area (Å²) in [5, 5.41) is 1.21. The van der Waals surface area contributed by atoms with Gasteiger partial charge in [-0.2, -0.15) is 8.42 Å². The molecule has 2 aromatic carbocycles. The molecule has 1 saturated heterocycles. The van der Waals surface area contributed by atoms with Gasteiger partial charge in [-0.05, 0) is 73.4 Å². The third-order valence-electron chi connectivity index (χ3n) is 8.71. The normalized spacial score (nSPS) is 17.4. The number of sulfonamides is 1. The van der Waals surface area contributed by atoms with Crippen LogP contribution in [0.4, 0.5) is 5.69 Å². The molecule has 52 heavy (non-hydrogen) atoms. The predicted octanol–water partition coefficient (Wildman–Crippen LogP) is 5.57. The lowest BCUT2D eigenvalue weighted by molar-refractivity contribution is -0.197. The molecule has 16 heteroatoms. The zero-order valence-corrected chi connectivity index (χ0v) is 32.5. The van der Waals surface area contributed by atoms with E-state index in [1.54, 1.807) is 31.3 Å². The van der Waals surface area contributed by atoms with Gasteiger partial charge in [0, 0.05) is 68.6 Å². The summed E-state index contributed by atoms with van der Waals surface area (Å²) >= 11 is 1.35. The smallest absolute Gasteiger partial charge is 0.333 e. The van der Waals surface area contributed by atoms with E-state index < -0.39 is 43.3 Å². The molecule has 2 heterocycles. The average Bonchev–Trinajstić information content (AvgIpc) is 3.50. The number of fused-ring (bicyclic) bond motifs is 1. The summed E-state index contributed by atoms with van der Waals surface area (Å²) in [7, 11) is -3.39. The van der Waals surface area contributed by atoms with Crippen LogP contribution in [0.3, 0.4) is 0 Å². The highest BCUT2D eigenvalue weighted by atomic mass is 32.2. The number of aryl methyl sites for hydroxylation is 1. The number of hydrogen-bond donors (Lipinski definition) is 1. The first-order chi connectivity index (χ1) is 24.4. The van der Waals surface area contributed by atoms with Crippen molar-refractivity contribution in [3.63, 3.8) is 0 Å².